The van der Waals surface area contributed by atoms with Crippen molar-refractivity contribution in [2.75, 3.05) is 0 Å². The van der Waals surface area contributed by atoms with Gasteiger partial charge in [-0.1, -0.05) is 26.0 Å². The second-order valence-corrected chi connectivity index (χ2v) is 9.63. The number of carbonyl (C=O) groups excluding carboxylic acids is 1. The fraction of sp³-hybridized carbons (Fsp3) is 0.850. The molecular formula is C20H31O3PV. The molecule has 0 amide bonds. The molecule has 0 heterocycles. The summed E-state index contributed by atoms with van der Waals surface area (Å²) in [5.41, 5.74) is -1.13. The van der Waals surface area contributed by atoms with Crippen LogP contribution in [-0.2, 0) is 23.4 Å². The molecule has 2 N–H and O–H groups in total. The van der Waals surface area contributed by atoms with Gasteiger partial charge in [-0.2, -0.15) is 9.90 Å². The van der Waals surface area contributed by atoms with Crippen LogP contribution in [0.25, 0.3) is 0 Å². The summed E-state index contributed by atoms with van der Waals surface area (Å²) in [6.45, 7) is 4.45. The van der Waals surface area contributed by atoms with Crippen molar-refractivity contribution in [2.45, 2.75) is 64.1 Å². The van der Waals surface area contributed by atoms with E-state index in [2.05, 4.69) is 19.9 Å². The van der Waals surface area contributed by atoms with Crippen LogP contribution in [0, 0.1) is 40.4 Å². The van der Waals surface area contributed by atoms with Crippen LogP contribution in [0.1, 0.15) is 52.4 Å². The molecule has 0 saturated heterocycles. The number of hydrogen-bond acceptors (Lipinski definition) is 3. The fourth-order valence-electron chi connectivity index (χ4n) is 7.28. The minimum Gasteiger partial charge on any atom is -0.393 e. The summed E-state index contributed by atoms with van der Waals surface area (Å²) < 4.78 is 0. The molecule has 5 heteroatoms. The minimum atomic E-state index is -0.870. The third-order valence-electron chi connectivity index (χ3n) is 8.74. The molecule has 10 atom stereocenters. The molecule has 25 heavy (non-hydrogen) atoms. The van der Waals surface area contributed by atoms with Gasteiger partial charge < -0.3 is 10.2 Å². The van der Waals surface area contributed by atoms with Gasteiger partial charge in [-0.15, -0.1) is 0 Å². The molecule has 5 aliphatic rings. The molecule has 4 saturated carbocycles. The van der Waals surface area contributed by atoms with Gasteiger partial charge in [0.25, 0.3) is 0 Å². The van der Waals surface area contributed by atoms with Crippen LogP contribution in [0.15, 0.2) is 12.2 Å². The standard InChI is InChI=1S/C20H28O3.H3P.V/c1-18-6-5-15-12(16(18)13-9-14(13)17(18)22)4-8-20(23)10-11(21)3-7-19(15,20)2;;/h4,8,11-16,21,23H,3,5-7,9-10H2,1-2H3;1H3;/t11-,12?,13+,14-,15?,16?,18-,19+,20-;;/m0../s1. The van der Waals surface area contributed by atoms with Crippen molar-refractivity contribution < 1.29 is 33.6 Å². The molecule has 5 rings (SSSR count). The summed E-state index contributed by atoms with van der Waals surface area (Å²) >= 11 is 0. The second-order valence-electron chi connectivity index (χ2n) is 9.63. The number of fused-ring (bicyclic) bond motifs is 7. The molecular weight excluding hydrogens is 370 g/mol. The average molecular weight is 401 g/mol. The normalized spacial score (nSPS) is 58.0. The SMILES string of the molecule is C[C@]12CCC3C(C=C[C@]4(O)C[C@@H](O)CC[C@]34C)C1[C@@H]1C[C@@H]1C2=O.P.[V]. The van der Waals surface area contributed by atoms with E-state index in [9.17, 15) is 15.0 Å². The van der Waals surface area contributed by atoms with Crippen molar-refractivity contribution in [3.05, 3.63) is 12.2 Å². The second kappa shape index (κ2) is 5.92. The molecule has 0 aromatic heterocycles. The Bertz CT molecular complexity index is 624. The van der Waals surface area contributed by atoms with Crippen molar-refractivity contribution in [3.63, 3.8) is 0 Å². The number of ketones is 1. The van der Waals surface area contributed by atoms with E-state index in [1.165, 1.54) is 0 Å². The maximum atomic E-state index is 12.7. The summed E-state index contributed by atoms with van der Waals surface area (Å²) in [6.07, 6.45) is 9.15. The fourth-order valence-corrected chi connectivity index (χ4v) is 7.28. The van der Waals surface area contributed by atoms with E-state index in [0.717, 1.165) is 32.1 Å². The maximum Gasteiger partial charge on any atom is 0.142 e. The first-order chi connectivity index (χ1) is 10.8. The molecule has 139 valence electrons. The number of aliphatic hydroxyl groups is 2. The van der Waals surface area contributed by atoms with Gasteiger partial charge >= 0.3 is 0 Å². The number of allylic oxidation sites excluding steroid dienone is 1. The van der Waals surface area contributed by atoms with E-state index in [1.807, 2.05) is 6.08 Å². The third kappa shape index (κ3) is 2.32. The van der Waals surface area contributed by atoms with E-state index in [4.69, 9.17) is 0 Å². The van der Waals surface area contributed by atoms with Crippen LogP contribution in [0.2, 0.25) is 0 Å². The number of Topliss-reactive ketones (excluding diaryl/α,β-unsaturated/α-hetero) is 1. The summed E-state index contributed by atoms with van der Waals surface area (Å²) in [6, 6.07) is 0. The van der Waals surface area contributed by atoms with Gasteiger partial charge in [0.15, 0.2) is 0 Å². The van der Waals surface area contributed by atoms with Crippen LogP contribution in [0.5, 0.6) is 0 Å². The van der Waals surface area contributed by atoms with Crippen molar-refractivity contribution in [1.82, 2.24) is 0 Å². The molecule has 4 fully saturated rings. The molecule has 0 aromatic carbocycles. The van der Waals surface area contributed by atoms with Crippen LogP contribution in [0.3, 0.4) is 0 Å². The molecule has 0 bridgehead atoms. The van der Waals surface area contributed by atoms with Crippen molar-refractivity contribution in [1.29, 1.82) is 0 Å². The van der Waals surface area contributed by atoms with E-state index in [0.29, 0.717) is 41.8 Å². The van der Waals surface area contributed by atoms with Crippen LogP contribution >= 0.6 is 9.90 Å². The Morgan fingerprint density at radius 2 is 1.92 bits per heavy atom. The Balaban J connectivity index is 0.000000911. The Morgan fingerprint density at radius 3 is 2.64 bits per heavy atom. The van der Waals surface area contributed by atoms with Crippen molar-refractivity contribution >= 4 is 15.7 Å². The van der Waals surface area contributed by atoms with E-state index >= 15 is 0 Å². The molecule has 0 aromatic rings. The summed E-state index contributed by atoms with van der Waals surface area (Å²) in [5.74, 6) is 2.87. The molecule has 4 unspecified atom stereocenters. The van der Waals surface area contributed by atoms with Gasteiger partial charge in [0.05, 0.1) is 11.7 Å². The molecule has 0 spiro atoms. The van der Waals surface area contributed by atoms with Gasteiger partial charge in [-0.25, -0.2) is 0 Å². The Morgan fingerprint density at radius 1 is 1.20 bits per heavy atom. The van der Waals surface area contributed by atoms with Crippen molar-refractivity contribution in [3.8, 4) is 0 Å². The van der Waals surface area contributed by atoms with Crippen LogP contribution < -0.4 is 0 Å². The number of hydrogen-bond donors (Lipinski definition) is 2. The maximum absolute atomic E-state index is 12.7. The topological polar surface area (TPSA) is 57.5 Å². The third-order valence-corrected chi connectivity index (χ3v) is 8.74. The quantitative estimate of drug-likeness (QED) is 0.485. The predicted molar refractivity (Wildman–Crippen MR) is 97.6 cm³/mol. The average Bonchev–Trinajstić information content (AvgIpc) is 3.23. The zero-order chi connectivity index (χ0) is 16.2. The van der Waals surface area contributed by atoms with Gasteiger partial charge in [0, 0.05) is 41.7 Å². The van der Waals surface area contributed by atoms with Crippen molar-refractivity contribution in [2.24, 2.45) is 40.4 Å². The van der Waals surface area contributed by atoms with Crippen LogP contribution in [-0.4, -0.2) is 27.7 Å². The monoisotopic (exact) mass is 401 g/mol. The Hall–Kier alpha value is 0.344. The van der Waals surface area contributed by atoms with Crippen LogP contribution in [0.4, 0.5) is 0 Å². The number of aliphatic hydroxyl groups excluding tert-OH is 1. The number of carbonyl (C=O) groups is 1. The molecule has 0 aliphatic heterocycles. The number of rotatable bonds is 0. The largest absolute Gasteiger partial charge is 0.393 e. The minimum absolute atomic E-state index is 0. The van der Waals surface area contributed by atoms with Gasteiger partial charge in [-0.05, 0) is 55.8 Å². The Kier molecular flexibility index (Phi) is 4.76. The van der Waals surface area contributed by atoms with Gasteiger partial charge in [-0.3, -0.25) is 4.79 Å². The van der Waals surface area contributed by atoms with E-state index in [1.54, 1.807) is 0 Å². The first kappa shape index (κ1) is 20.1. The first-order valence-electron chi connectivity index (χ1n) is 9.44. The van der Waals surface area contributed by atoms with E-state index in [-0.39, 0.29) is 45.4 Å². The Labute approximate surface area is 165 Å². The molecule has 3 nitrogen and oxygen atoms in total. The zero-order valence-electron chi connectivity index (χ0n) is 15.3. The molecule has 5 aliphatic carbocycles. The summed E-state index contributed by atoms with van der Waals surface area (Å²) in [5, 5.41) is 21.3. The smallest absolute Gasteiger partial charge is 0.142 e. The van der Waals surface area contributed by atoms with Gasteiger partial charge in [0.1, 0.15) is 5.78 Å². The van der Waals surface area contributed by atoms with Gasteiger partial charge in [0.2, 0.25) is 0 Å². The first-order valence-corrected chi connectivity index (χ1v) is 9.44. The summed E-state index contributed by atoms with van der Waals surface area (Å²) in [4.78, 5) is 12.7. The molecule has 1 radical (unpaired) electrons. The summed E-state index contributed by atoms with van der Waals surface area (Å²) in [7, 11) is 0. The zero-order valence-corrected chi connectivity index (χ0v) is 18.1. The predicted octanol–water partition coefficient (Wildman–Crippen LogP) is 2.76. The van der Waals surface area contributed by atoms with E-state index < -0.39 is 5.60 Å².